The highest BCUT2D eigenvalue weighted by Crippen LogP contribution is 2.24. The van der Waals surface area contributed by atoms with E-state index in [9.17, 15) is 19.7 Å². The predicted octanol–water partition coefficient (Wildman–Crippen LogP) is 3.51. The van der Waals surface area contributed by atoms with E-state index in [1.165, 1.54) is 36.0 Å². The van der Waals surface area contributed by atoms with Crippen molar-refractivity contribution in [2.24, 2.45) is 0 Å². The van der Waals surface area contributed by atoms with Crippen LogP contribution < -0.4 is 5.32 Å². The van der Waals surface area contributed by atoms with Crippen LogP contribution in [0.5, 0.6) is 0 Å². The summed E-state index contributed by atoms with van der Waals surface area (Å²) in [5, 5.41) is 13.6. The number of para-hydroxylation sites is 2. The van der Waals surface area contributed by atoms with Crippen LogP contribution in [0.3, 0.4) is 0 Å². The predicted molar refractivity (Wildman–Crippen MR) is 99.9 cm³/mol. The van der Waals surface area contributed by atoms with E-state index in [4.69, 9.17) is 4.74 Å². The van der Waals surface area contributed by atoms with Gasteiger partial charge in [-0.05, 0) is 30.5 Å². The highest BCUT2D eigenvalue weighted by Gasteiger charge is 2.11. The second kappa shape index (κ2) is 9.38. The molecule has 0 heterocycles. The summed E-state index contributed by atoms with van der Waals surface area (Å²) < 4.78 is 4.86. The van der Waals surface area contributed by atoms with E-state index >= 15 is 0 Å². The van der Waals surface area contributed by atoms with Gasteiger partial charge < -0.3 is 10.1 Å². The summed E-state index contributed by atoms with van der Waals surface area (Å²) in [6.45, 7) is -0.456. The van der Waals surface area contributed by atoms with Gasteiger partial charge >= 0.3 is 5.97 Å². The zero-order valence-corrected chi connectivity index (χ0v) is 14.7. The summed E-state index contributed by atoms with van der Waals surface area (Å²) >= 11 is 1.48. The second-order valence-electron chi connectivity index (χ2n) is 5.01. The highest BCUT2D eigenvalue weighted by molar-refractivity contribution is 7.98. The van der Waals surface area contributed by atoms with E-state index in [2.05, 4.69) is 5.32 Å². The number of benzene rings is 2. The Morgan fingerprint density at radius 3 is 2.62 bits per heavy atom. The Morgan fingerprint density at radius 2 is 1.88 bits per heavy atom. The minimum absolute atomic E-state index is 0.122. The molecule has 134 valence electrons. The van der Waals surface area contributed by atoms with Crippen LogP contribution in [0.25, 0.3) is 6.08 Å². The van der Waals surface area contributed by atoms with E-state index in [-0.39, 0.29) is 11.3 Å². The van der Waals surface area contributed by atoms with Gasteiger partial charge in [0, 0.05) is 17.0 Å². The fourth-order valence-corrected chi connectivity index (χ4v) is 2.63. The summed E-state index contributed by atoms with van der Waals surface area (Å²) in [7, 11) is 0. The van der Waals surface area contributed by atoms with Gasteiger partial charge in [0.25, 0.3) is 11.6 Å². The molecule has 0 saturated heterocycles. The first-order chi connectivity index (χ1) is 12.5. The molecule has 0 atom stereocenters. The Labute approximate surface area is 154 Å². The highest BCUT2D eigenvalue weighted by atomic mass is 32.2. The monoisotopic (exact) mass is 372 g/mol. The standard InChI is InChI=1S/C18H16N2O5S/c1-26-16-9-5-3-7-14(16)19-17(21)12-25-18(22)11-10-13-6-2-4-8-15(13)20(23)24/h2-11H,12H2,1H3,(H,19,21)/b11-10+. The zero-order valence-electron chi connectivity index (χ0n) is 13.9. The Hall–Kier alpha value is -3.13. The Balaban J connectivity index is 1.91. The van der Waals surface area contributed by atoms with E-state index in [0.717, 1.165) is 11.0 Å². The molecule has 0 aromatic heterocycles. The molecular formula is C18H16N2O5S. The molecule has 0 saturated carbocycles. The Morgan fingerprint density at radius 1 is 1.19 bits per heavy atom. The normalized spacial score (nSPS) is 10.5. The summed E-state index contributed by atoms with van der Waals surface area (Å²) in [4.78, 5) is 34.9. The smallest absolute Gasteiger partial charge is 0.331 e. The molecular weight excluding hydrogens is 356 g/mol. The lowest BCUT2D eigenvalue weighted by atomic mass is 10.1. The van der Waals surface area contributed by atoms with Crippen molar-refractivity contribution in [3.05, 3.63) is 70.3 Å². The number of hydrogen-bond donors (Lipinski definition) is 1. The van der Waals surface area contributed by atoms with Crippen molar-refractivity contribution in [1.82, 2.24) is 0 Å². The van der Waals surface area contributed by atoms with Crippen LogP contribution in [0.4, 0.5) is 11.4 Å². The van der Waals surface area contributed by atoms with Crippen LogP contribution in [-0.4, -0.2) is 29.7 Å². The van der Waals surface area contributed by atoms with Gasteiger partial charge in [0.2, 0.25) is 0 Å². The van der Waals surface area contributed by atoms with E-state index in [1.807, 2.05) is 18.4 Å². The number of nitrogens with zero attached hydrogens (tertiary/aromatic N) is 1. The Kier molecular flexibility index (Phi) is 6.92. The third-order valence-corrected chi connectivity index (χ3v) is 4.05. The van der Waals surface area contributed by atoms with Crippen LogP contribution in [0, 0.1) is 10.1 Å². The molecule has 0 aliphatic heterocycles. The lowest BCUT2D eigenvalue weighted by molar-refractivity contribution is -0.385. The van der Waals surface area contributed by atoms with Gasteiger partial charge in [-0.15, -0.1) is 11.8 Å². The van der Waals surface area contributed by atoms with E-state index in [1.54, 1.807) is 18.2 Å². The van der Waals surface area contributed by atoms with Gasteiger partial charge in [0.15, 0.2) is 6.61 Å². The largest absolute Gasteiger partial charge is 0.452 e. The minimum atomic E-state index is -0.767. The first-order valence-corrected chi connectivity index (χ1v) is 8.75. The zero-order chi connectivity index (χ0) is 18.9. The van der Waals surface area contributed by atoms with E-state index < -0.39 is 23.4 Å². The number of nitrogens with one attached hydrogen (secondary N) is 1. The third-order valence-electron chi connectivity index (χ3n) is 3.26. The van der Waals surface area contributed by atoms with E-state index in [0.29, 0.717) is 5.69 Å². The first-order valence-electron chi connectivity index (χ1n) is 7.52. The second-order valence-corrected chi connectivity index (χ2v) is 5.85. The molecule has 2 aromatic rings. The fraction of sp³-hybridized carbons (Fsp3) is 0.111. The number of thioether (sulfide) groups is 1. The molecule has 2 rings (SSSR count). The molecule has 26 heavy (non-hydrogen) atoms. The molecule has 0 fully saturated rings. The number of anilines is 1. The number of nitro groups is 1. The van der Waals surface area contributed by atoms with Gasteiger partial charge in [0.1, 0.15) is 0 Å². The quantitative estimate of drug-likeness (QED) is 0.263. The van der Waals surface area contributed by atoms with Crippen molar-refractivity contribution in [2.45, 2.75) is 4.90 Å². The first kappa shape index (κ1) is 19.2. The Bertz CT molecular complexity index is 851. The van der Waals surface area contributed by atoms with Crippen molar-refractivity contribution in [3.63, 3.8) is 0 Å². The van der Waals surface area contributed by atoms with Crippen molar-refractivity contribution in [2.75, 3.05) is 18.2 Å². The molecule has 0 spiro atoms. The average molecular weight is 372 g/mol. The number of ether oxygens (including phenoxy) is 1. The van der Waals surface area contributed by atoms with Crippen molar-refractivity contribution >= 4 is 41.1 Å². The molecule has 7 nitrogen and oxygen atoms in total. The molecule has 0 aliphatic rings. The number of amides is 1. The van der Waals surface area contributed by atoms with Crippen LogP contribution in [0.2, 0.25) is 0 Å². The molecule has 1 amide bonds. The molecule has 0 unspecified atom stereocenters. The maximum atomic E-state index is 11.9. The van der Waals surface area contributed by atoms with Crippen LogP contribution in [0.1, 0.15) is 5.56 Å². The van der Waals surface area contributed by atoms with Gasteiger partial charge in [-0.25, -0.2) is 4.79 Å². The number of nitro benzene ring substituents is 1. The fourth-order valence-electron chi connectivity index (χ4n) is 2.07. The lowest BCUT2D eigenvalue weighted by Gasteiger charge is -2.08. The lowest BCUT2D eigenvalue weighted by Crippen LogP contribution is -2.20. The maximum absolute atomic E-state index is 11.9. The van der Waals surface area contributed by atoms with Crippen molar-refractivity contribution in [1.29, 1.82) is 0 Å². The van der Waals surface area contributed by atoms with Crippen LogP contribution in [0.15, 0.2) is 59.5 Å². The minimum Gasteiger partial charge on any atom is -0.452 e. The number of rotatable bonds is 7. The molecule has 1 N–H and O–H groups in total. The van der Waals surface area contributed by atoms with Gasteiger partial charge in [-0.3, -0.25) is 14.9 Å². The third kappa shape index (κ3) is 5.45. The number of carbonyl (C=O) groups excluding carboxylic acids is 2. The summed E-state index contributed by atoms with van der Waals surface area (Å²) in [5.74, 6) is -1.24. The summed E-state index contributed by atoms with van der Waals surface area (Å²) in [6, 6.07) is 13.3. The van der Waals surface area contributed by atoms with Crippen LogP contribution in [-0.2, 0) is 14.3 Å². The SMILES string of the molecule is CSc1ccccc1NC(=O)COC(=O)/C=C/c1ccccc1[N+](=O)[O-]. The van der Waals surface area contributed by atoms with Gasteiger partial charge in [-0.2, -0.15) is 0 Å². The maximum Gasteiger partial charge on any atom is 0.331 e. The van der Waals surface area contributed by atoms with Crippen molar-refractivity contribution in [3.8, 4) is 0 Å². The summed E-state index contributed by atoms with van der Waals surface area (Å²) in [5.41, 5.74) is 0.785. The van der Waals surface area contributed by atoms with Crippen molar-refractivity contribution < 1.29 is 19.2 Å². The van der Waals surface area contributed by atoms with Crippen LogP contribution >= 0.6 is 11.8 Å². The number of hydrogen-bond acceptors (Lipinski definition) is 6. The molecule has 0 radical (unpaired) electrons. The average Bonchev–Trinajstić information content (AvgIpc) is 2.65. The molecule has 2 aromatic carbocycles. The number of esters is 1. The molecule has 0 aliphatic carbocycles. The van der Waals surface area contributed by atoms with Gasteiger partial charge in [0.05, 0.1) is 16.2 Å². The molecule has 0 bridgehead atoms. The molecule has 8 heteroatoms. The van der Waals surface area contributed by atoms with Gasteiger partial charge in [-0.1, -0.05) is 24.3 Å². The topological polar surface area (TPSA) is 98.5 Å². The summed E-state index contributed by atoms with van der Waals surface area (Å²) in [6.07, 6.45) is 4.21. The number of carbonyl (C=O) groups is 2.